The molecule has 0 aliphatic rings. The zero-order valence-electron chi connectivity index (χ0n) is 18.9. The van der Waals surface area contributed by atoms with Gasteiger partial charge >= 0.3 is 0 Å². The van der Waals surface area contributed by atoms with E-state index >= 15 is 0 Å². The van der Waals surface area contributed by atoms with Gasteiger partial charge in [-0.05, 0) is 73.2 Å². The largest absolute Gasteiger partial charge is 0.497 e. The molecular formula is C25H21Cl2N5O2S. The van der Waals surface area contributed by atoms with Crippen molar-refractivity contribution in [3.63, 3.8) is 0 Å². The summed E-state index contributed by atoms with van der Waals surface area (Å²) in [6.45, 7) is 1.81. The molecule has 0 bridgehead atoms. The van der Waals surface area contributed by atoms with Crippen LogP contribution in [0.5, 0.6) is 5.75 Å². The lowest BCUT2D eigenvalue weighted by Gasteiger charge is -2.11. The Morgan fingerprint density at radius 1 is 0.971 bits per heavy atom. The van der Waals surface area contributed by atoms with Gasteiger partial charge < -0.3 is 4.74 Å². The fourth-order valence-corrected chi connectivity index (χ4v) is 4.17. The van der Waals surface area contributed by atoms with Gasteiger partial charge in [-0.1, -0.05) is 47.1 Å². The van der Waals surface area contributed by atoms with Gasteiger partial charge in [0, 0.05) is 21.3 Å². The molecule has 0 spiro atoms. The number of methoxy groups -OCH3 is 1. The van der Waals surface area contributed by atoms with E-state index in [9.17, 15) is 4.79 Å². The predicted molar refractivity (Wildman–Crippen MR) is 141 cm³/mol. The normalized spacial score (nSPS) is 11.4. The number of halogens is 2. The molecule has 0 radical (unpaired) electrons. The van der Waals surface area contributed by atoms with Crippen molar-refractivity contribution >= 4 is 46.6 Å². The molecule has 0 unspecified atom stereocenters. The van der Waals surface area contributed by atoms with Crippen LogP contribution >= 0.6 is 35.0 Å². The molecule has 1 aromatic heterocycles. The Labute approximate surface area is 217 Å². The molecule has 0 aliphatic heterocycles. The van der Waals surface area contributed by atoms with Crippen LogP contribution in [0.3, 0.4) is 0 Å². The minimum Gasteiger partial charge on any atom is -0.497 e. The number of rotatable bonds is 8. The minimum atomic E-state index is -0.264. The van der Waals surface area contributed by atoms with Gasteiger partial charge in [-0.25, -0.2) is 5.43 Å². The standard InChI is InChI=1S/C25H21Cl2N5O2S/c1-16(17-3-7-19(26)8-4-17)28-29-23(33)15-35-25-31-30-24(18-5-13-22(34-2)14-6-18)32(25)21-11-9-20(27)10-12-21/h3-14H,15H2,1-2H3,(H,29,33)/b28-16+. The van der Waals surface area contributed by atoms with Crippen molar-refractivity contribution in [1.82, 2.24) is 20.2 Å². The number of hydrazone groups is 1. The Kier molecular flexibility index (Phi) is 8.07. The van der Waals surface area contributed by atoms with Crippen molar-refractivity contribution in [3.05, 3.63) is 88.4 Å². The first-order chi connectivity index (χ1) is 16.9. The highest BCUT2D eigenvalue weighted by Gasteiger charge is 2.17. The summed E-state index contributed by atoms with van der Waals surface area (Å²) in [4.78, 5) is 12.5. The number of aromatic nitrogens is 3. The van der Waals surface area contributed by atoms with E-state index in [1.54, 1.807) is 31.4 Å². The van der Waals surface area contributed by atoms with Crippen molar-refractivity contribution in [2.24, 2.45) is 5.10 Å². The monoisotopic (exact) mass is 525 g/mol. The third kappa shape index (κ3) is 6.22. The molecule has 0 saturated carbocycles. The van der Waals surface area contributed by atoms with Gasteiger partial charge in [-0.15, -0.1) is 10.2 Å². The van der Waals surface area contributed by atoms with E-state index in [0.29, 0.717) is 26.7 Å². The Morgan fingerprint density at radius 2 is 1.60 bits per heavy atom. The number of carbonyl (C=O) groups excluding carboxylic acids is 1. The SMILES string of the molecule is COc1ccc(-c2nnc(SCC(=O)N/N=C(\C)c3ccc(Cl)cc3)n2-c2ccc(Cl)cc2)cc1. The fraction of sp³-hybridized carbons (Fsp3) is 0.120. The lowest BCUT2D eigenvalue weighted by Crippen LogP contribution is -2.21. The van der Waals surface area contributed by atoms with Crippen molar-refractivity contribution in [1.29, 1.82) is 0 Å². The summed E-state index contributed by atoms with van der Waals surface area (Å²) < 4.78 is 7.14. The molecule has 0 fully saturated rings. The maximum atomic E-state index is 12.5. The summed E-state index contributed by atoms with van der Waals surface area (Å²) >= 11 is 13.3. The Morgan fingerprint density at radius 3 is 2.23 bits per heavy atom. The highest BCUT2D eigenvalue weighted by molar-refractivity contribution is 7.99. The Bertz CT molecular complexity index is 1340. The first kappa shape index (κ1) is 24.8. The van der Waals surface area contributed by atoms with Gasteiger partial charge in [-0.3, -0.25) is 9.36 Å². The van der Waals surface area contributed by atoms with Gasteiger partial charge in [0.25, 0.3) is 5.91 Å². The zero-order chi connectivity index (χ0) is 24.8. The molecule has 0 saturated heterocycles. The summed E-state index contributed by atoms with van der Waals surface area (Å²) in [7, 11) is 1.62. The van der Waals surface area contributed by atoms with Gasteiger partial charge in [0.1, 0.15) is 5.75 Å². The third-order valence-corrected chi connectivity index (χ3v) is 6.44. The van der Waals surface area contributed by atoms with Crippen molar-refractivity contribution in [2.45, 2.75) is 12.1 Å². The van der Waals surface area contributed by atoms with Crippen molar-refractivity contribution in [2.75, 3.05) is 12.9 Å². The van der Waals surface area contributed by atoms with E-state index in [-0.39, 0.29) is 11.7 Å². The molecule has 1 heterocycles. The van der Waals surface area contributed by atoms with Crippen molar-refractivity contribution in [3.8, 4) is 22.8 Å². The maximum Gasteiger partial charge on any atom is 0.250 e. The molecule has 3 aromatic carbocycles. The number of amides is 1. The number of carbonyl (C=O) groups is 1. The molecule has 1 amide bonds. The molecule has 0 atom stereocenters. The van der Waals surface area contributed by atoms with E-state index in [0.717, 1.165) is 22.6 Å². The molecule has 7 nitrogen and oxygen atoms in total. The first-order valence-electron chi connectivity index (χ1n) is 10.5. The average Bonchev–Trinajstić information content (AvgIpc) is 3.31. The highest BCUT2D eigenvalue weighted by Crippen LogP contribution is 2.29. The first-order valence-corrected chi connectivity index (χ1v) is 12.3. The maximum absolute atomic E-state index is 12.5. The number of nitrogens with zero attached hydrogens (tertiary/aromatic N) is 4. The van der Waals surface area contributed by atoms with Crippen LogP contribution in [0, 0.1) is 0 Å². The number of nitrogens with one attached hydrogen (secondary N) is 1. The van der Waals surface area contributed by atoms with Crippen molar-refractivity contribution < 1.29 is 9.53 Å². The number of benzene rings is 3. The lowest BCUT2D eigenvalue weighted by molar-refractivity contribution is -0.118. The summed E-state index contributed by atoms with van der Waals surface area (Å²) in [6, 6.07) is 22.1. The van der Waals surface area contributed by atoms with Crippen LogP contribution in [0.15, 0.2) is 83.1 Å². The van der Waals surface area contributed by atoms with Crippen LogP contribution in [0.1, 0.15) is 12.5 Å². The summed E-state index contributed by atoms with van der Waals surface area (Å²) in [5.74, 6) is 1.22. The topological polar surface area (TPSA) is 81.4 Å². The number of ether oxygens (including phenoxy) is 1. The van der Waals surface area contributed by atoms with Crippen LogP contribution in [0.4, 0.5) is 0 Å². The van der Waals surface area contributed by atoms with Crippen LogP contribution in [0.2, 0.25) is 10.0 Å². The Balaban J connectivity index is 1.53. The van der Waals surface area contributed by atoms with Gasteiger partial charge in [0.2, 0.25) is 0 Å². The molecule has 0 aliphatic carbocycles. The zero-order valence-corrected chi connectivity index (χ0v) is 21.2. The van der Waals surface area contributed by atoms with Gasteiger partial charge in [0.15, 0.2) is 11.0 Å². The number of hydrogen-bond acceptors (Lipinski definition) is 6. The van der Waals surface area contributed by atoms with Crippen LogP contribution in [0.25, 0.3) is 17.1 Å². The number of hydrogen-bond donors (Lipinski definition) is 1. The molecule has 1 N–H and O–H groups in total. The van der Waals surface area contributed by atoms with E-state index in [4.69, 9.17) is 27.9 Å². The summed E-state index contributed by atoms with van der Waals surface area (Å²) in [5.41, 5.74) is 5.81. The summed E-state index contributed by atoms with van der Waals surface area (Å²) in [6.07, 6.45) is 0. The van der Waals surface area contributed by atoms with Gasteiger partial charge in [-0.2, -0.15) is 5.10 Å². The van der Waals surface area contributed by atoms with E-state index in [1.807, 2.05) is 60.0 Å². The molecule has 35 heavy (non-hydrogen) atoms. The second kappa shape index (κ2) is 11.4. The van der Waals surface area contributed by atoms with E-state index < -0.39 is 0 Å². The lowest BCUT2D eigenvalue weighted by atomic mass is 10.1. The Hall–Kier alpha value is -3.33. The van der Waals surface area contributed by atoms with Gasteiger partial charge in [0.05, 0.1) is 18.6 Å². The molecule has 4 aromatic rings. The molecular weight excluding hydrogens is 505 g/mol. The van der Waals surface area contributed by atoms with Crippen LogP contribution in [-0.4, -0.2) is 39.2 Å². The molecule has 178 valence electrons. The third-order valence-electron chi connectivity index (χ3n) is 5.01. The second-order valence-electron chi connectivity index (χ2n) is 7.37. The van der Waals surface area contributed by atoms with E-state index in [1.165, 1.54) is 11.8 Å². The molecule has 4 rings (SSSR count). The predicted octanol–water partition coefficient (Wildman–Crippen LogP) is 5.88. The quantitative estimate of drug-likeness (QED) is 0.176. The summed E-state index contributed by atoms with van der Waals surface area (Å²) in [5, 5.41) is 14.7. The average molecular weight is 526 g/mol. The molecule has 10 heteroatoms. The minimum absolute atomic E-state index is 0.103. The highest BCUT2D eigenvalue weighted by atomic mass is 35.5. The second-order valence-corrected chi connectivity index (χ2v) is 9.19. The number of thioether (sulfide) groups is 1. The van der Waals surface area contributed by atoms with Crippen LogP contribution in [-0.2, 0) is 4.79 Å². The smallest absolute Gasteiger partial charge is 0.250 e. The fourth-order valence-electron chi connectivity index (χ4n) is 3.18. The van der Waals surface area contributed by atoms with Crippen LogP contribution < -0.4 is 10.2 Å². The van der Waals surface area contributed by atoms with E-state index in [2.05, 4.69) is 20.7 Å².